The number of nitrogens with one attached hydrogen (secondary N) is 2. The van der Waals surface area contributed by atoms with Gasteiger partial charge in [-0.15, -0.1) is 0 Å². The van der Waals surface area contributed by atoms with Crippen LogP contribution >= 0.6 is 0 Å². The van der Waals surface area contributed by atoms with Gasteiger partial charge >= 0.3 is 5.97 Å². The Kier molecular flexibility index (Phi) is 7.11. The molecule has 0 bridgehead atoms. The molecule has 0 aliphatic carbocycles. The Hall–Kier alpha value is -3.15. The highest BCUT2D eigenvalue weighted by molar-refractivity contribution is 6.10. The molecular weight excluding hydrogens is 344 g/mol. The number of carbonyl (C=O) groups excluding carboxylic acids is 3. The Bertz CT molecular complexity index is 824. The fraction of sp³-hybridized carbons (Fsp3) is 0.286. The van der Waals surface area contributed by atoms with Gasteiger partial charge in [0, 0.05) is 5.69 Å². The molecule has 27 heavy (non-hydrogen) atoms. The van der Waals surface area contributed by atoms with Crippen molar-refractivity contribution in [3.8, 4) is 0 Å². The van der Waals surface area contributed by atoms with Gasteiger partial charge in [0.15, 0.2) is 0 Å². The Morgan fingerprint density at radius 1 is 0.852 bits per heavy atom. The molecule has 0 atom stereocenters. The van der Waals surface area contributed by atoms with Crippen LogP contribution in [-0.4, -0.2) is 24.9 Å². The monoisotopic (exact) mass is 368 g/mol. The molecule has 2 amide bonds. The molecule has 0 aliphatic rings. The highest BCUT2D eigenvalue weighted by atomic mass is 16.5. The lowest BCUT2D eigenvalue weighted by atomic mass is 10.0. The quantitative estimate of drug-likeness (QED) is 0.578. The number of ether oxygens (including phenoxy) is 1. The molecule has 142 valence electrons. The second-order valence-corrected chi connectivity index (χ2v) is 5.97. The number of benzene rings is 2. The van der Waals surface area contributed by atoms with Crippen LogP contribution in [0.25, 0.3) is 0 Å². The number of methoxy groups -OCH3 is 1. The molecule has 0 spiro atoms. The number of carbonyl (C=O) groups is 3. The van der Waals surface area contributed by atoms with Gasteiger partial charge in [-0.1, -0.05) is 44.2 Å². The molecule has 0 fully saturated rings. The maximum atomic E-state index is 12.4. The maximum Gasteiger partial charge on any atom is 0.339 e. The normalized spacial score (nSPS) is 10.2. The van der Waals surface area contributed by atoms with Gasteiger partial charge in [0.1, 0.15) is 6.42 Å². The van der Waals surface area contributed by atoms with Crippen molar-refractivity contribution in [1.29, 1.82) is 0 Å². The number of aryl methyl sites for hydroxylation is 2. The number of rotatable bonds is 7. The van der Waals surface area contributed by atoms with E-state index in [-0.39, 0.29) is 12.0 Å². The van der Waals surface area contributed by atoms with Gasteiger partial charge in [-0.25, -0.2) is 4.79 Å². The van der Waals surface area contributed by atoms with Gasteiger partial charge in [-0.05, 0) is 36.1 Å². The van der Waals surface area contributed by atoms with Crippen LogP contribution in [0.3, 0.4) is 0 Å². The molecule has 2 aromatic carbocycles. The van der Waals surface area contributed by atoms with Crippen molar-refractivity contribution in [3.05, 3.63) is 59.2 Å². The second kappa shape index (κ2) is 9.52. The van der Waals surface area contributed by atoms with Crippen molar-refractivity contribution in [2.75, 3.05) is 17.7 Å². The summed E-state index contributed by atoms with van der Waals surface area (Å²) < 4.78 is 4.70. The summed E-state index contributed by atoms with van der Waals surface area (Å²) in [6, 6.07) is 12.4. The third-order valence-electron chi connectivity index (χ3n) is 4.19. The van der Waals surface area contributed by atoms with E-state index in [4.69, 9.17) is 4.74 Å². The lowest BCUT2D eigenvalue weighted by Gasteiger charge is -2.14. The zero-order valence-corrected chi connectivity index (χ0v) is 15.8. The summed E-state index contributed by atoms with van der Waals surface area (Å²) in [4.78, 5) is 36.4. The number of para-hydroxylation sites is 2. The van der Waals surface area contributed by atoms with Gasteiger partial charge in [-0.3, -0.25) is 9.59 Å². The molecule has 6 nitrogen and oxygen atoms in total. The first kappa shape index (κ1) is 20.2. The highest BCUT2D eigenvalue weighted by Crippen LogP contribution is 2.23. The van der Waals surface area contributed by atoms with Gasteiger partial charge in [-0.2, -0.15) is 0 Å². The van der Waals surface area contributed by atoms with Gasteiger partial charge in [0.25, 0.3) is 0 Å². The van der Waals surface area contributed by atoms with Crippen molar-refractivity contribution >= 4 is 29.2 Å². The van der Waals surface area contributed by atoms with E-state index in [1.807, 2.05) is 32.0 Å². The van der Waals surface area contributed by atoms with E-state index in [1.165, 1.54) is 7.11 Å². The second-order valence-electron chi connectivity index (χ2n) is 5.97. The fourth-order valence-corrected chi connectivity index (χ4v) is 2.81. The van der Waals surface area contributed by atoms with E-state index in [0.717, 1.165) is 29.7 Å². The standard InChI is InChI=1S/C21H24N2O4/c1-4-14-9-8-10-15(5-2)20(14)23-19(25)13-18(24)22-17-12-7-6-11-16(17)21(26)27-3/h6-12H,4-5,13H2,1-3H3,(H,22,24)(H,23,25). The molecule has 0 aromatic heterocycles. The minimum atomic E-state index is -0.556. The molecule has 2 N–H and O–H groups in total. The van der Waals surface area contributed by atoms with E-state index in [2.05, 4.69) is 10.6 Å². The van der Waals surface area contributed by atoms with Crippen LogP contribution in [-0.2, 0) is 27.2 Å². The van der Waals surface area contributed by atoms with E-state index in [1.54, 1.807) is 24.3 Å². The Morgan fingerprint density at radius 3 is 2.04 bits per heavy atom. The van der Waals surface area contributed by atoms with Gasteiger partial charge in [0.05, 0.1) is 18.4 Å². The van der Waals surface area contributed by atoms with Crippen molar-refractivity contribution in [2.24, 2.45) is 0 Å². The minimum Gasteiger partial charge on any atom is -0.465 e. The number of esters is 1. The molecule has 0 heterocycles. The molecule has 0 unspecified atom stereocenters. The number of hydrogen-bond acceptors (Lipinski definition) is 4. The average Bonchev–Trinajstić information content (AvgIpc) is 2.67. The van der Waals surface area contributed by atoms with E-state index in [0.29, 0.717) is 5.69 Å². The third kappa shape index (κ3) is 5.17. The van der Waals surface area contributed by atoms with E-state index < -0.39 is 17.8 Å². The topological polar surface area (TPSA) is 84.5 Å². The van der Waals surface area contributed by atoms with Crippen molar-refractivity contribution in [2.45, 2.75) is 33.1 Å². The predicted octanol–water partition coefficient (Wildman–Crippen LogP) is 3.57. The summed E-state index contributed by atoms with van der Waals surface area (Å²) in [5.74, 6) is -1.46. The largest absolute Gasteiger partial charge is 0.465 e. The summed E-state index contributed by atoms with van der Waals surface area (Å²) in [6.45, 7) is 4.03. The van der Waals surface area contributed by atoms with Crippen LogP contribution in [0.5, 0.6) is 0 Å². The molecule has 0 saturated heterocycles. The van der Waals surface area contributed by atoms with E-state index in [9.17, 15) is 14.4 Å². The van der Waals surface area contributed by atoms with Crippen LogP contribution in [0, 0.1) is 0 Å². The number of anilines is 2. The first-order valence-electron chi connectivity index (χ1n) is 8.87. The van der Waals surface area contributed by atoms with Crippen molar-refractivity contribution in [1.82, 2.24) is 0 Å². The molecule has 0 aliphatic heterocycles. The van der Waals surface area contributed by atoms with Crippen LogP contribution in [0.1, 0.15) is 41.8 Å². The molecule has 0 saturated carbocycles. The van der Waals surface area contributed by atoms with E-state index >= 15 is 0 Å². The summed E-state index contributed by atoms with van der Waals surface area (Å²) >= 11 is 0. The molecule has 6 heteroatoms. The van der Waals surface area contributed by atoms with Gasteiger partial charge < -0.3 is 15.4 Å². The summed E-state index contributed by atoms with van der Waals surface area (Å²) in [7, 11) is 1.27. The Labute approximate surface area is 158 Å². The maximum absolute atomic E-state index is 12.4. The summed E-state index contributed by atoms with van der Waals surface area (Å²) in [5.41, 5.74) is 3.37. The first-order valence-corrected chi connectivity index (χ1v) is 8.87. The Balaban J connectivity index is 2.08. The van der Waals surface area contributed by atoms with Crippen molar-refractivity contribution < 1.29 is 19.1 Å². The first-order chi connectivity index (χ1) is 13.0. The summed E-state index contributed by atoms with van der Waals surface area (Å²) in [5, 5.41) is 5.45. The van der Waals surface area contributed by atoms with Gasteiger partial charge in [0.2, 0.25) is 11.8 Å². The predicted molar refractivity (Wildman–Crippen MR) is 105 cm³/mol. The van der Waals surface area contributed by atoms with Crippen molar-refractivity contribution in [3.63, 3.8) is 0 Å². The zero-order chi connectivity index (χ0) is 19.8. The highest BCUT2D eigenvalue weighted by Gasteiger charge is 2.17. The van der Waals surface area contributed by atoms with Crippen LogP contribution in [0.15, 0.2) is 42.5 Å². The van der Waals surface area contributed by atoms with Crippen LogP contribution < -0.4 is 10.6 Å². The minimum absolute atomic E-state index is 0.235. The smallest absolute Gasteiger partial charge is 0.339 e. The fourth-order valence-electron chi connectivity index (χ4n) is 2.81. The summed E-state index contributed by atoms with van der Waals surface area (Å²) in [6.07, 6.45) is 1.21. The number of hydrogen-bond donors (Lipinski definition) is 2. The van der Waals surface area contributed by atoms with Crippen LogP contribution in [0.2, 0.25) is 0 Å². The zero-order valence-electron chi connectivity index (χ0n) is 15.8. The molecule has 2 aromatic rings. The molecule has 0 radical (unpaired) electrons. The SMILES string of the molecule is CCc1cccc(CC)c1NC(=O)CC(=O)Nc1ccccc1C(=O)OC. The third-order valence-corrected chi connectivity index (χ3v) is 4.19. The Morgan fingerprint density at radius 2 is 1.44 bits per heavy atom. The lowest BCUT2D eigenvalue weighted by molar-refractivity contribution is -0.123. The van der Waals surface area contributed by atoms with Crippen LogP contribution in [0.4, 0.5) is 11.4 Å². The lowest BCUT2D eigenvalue weighted by Crippen LogP contribution is -2.23. The molecular formula is C21H24N2O4. The number of amides is 2. The molecule has 2 rings (SSSR count). The average molecular weight is 368 g/mol.